The third-order valence-corrected chi connectivity index (χ3v) is 5.03. The quantitative estimate of drug-likeness (QED) is 0.530. The van der Waals surface area contributed by atoms with Crippen molar-refractivity contribution in [1.82, 2.24) is 0 Å². The molecule has 29 heavy (non-hydrogen) atoms. The number of benzene rings is 3. The third kappa shape index (κ3) is 3.65. The lowest BCUT2D eigenvalue weighted by Crippen LogP contribution is -2.31. The number of nitrogens with two attached hydrogens (primary N) is 1. The molecule has 0 saturated heterocycles. The van der Waals surface area contributed by atoms with Gasteiger partial charge in [0.2, 0.25) is 0 Å². The van der Waals surface area contributed by atoms with Crippen LogP contribution in [0, 0.1) is 0 Å². The van der Waals surface area contributed by atoms with Crippen molar-refractivity contribution in [3.05, 3.63) is 89.5 Å². The highest BCUT2D eigenvalue weighted by Gasteiger charge is 2.29. The van der Waals surface area contributed by atoms with Crippen molar-refractivity contribution in [1.29, 1.82) is 0 Å². The summed E-state index contributed by atoms with van der Waals surface area (Å²) < 4.78 is 10.9. The van der Waals surface area contributed by atoms with Crippen molar-refractivity contribution < 1.29 is 19.1 Å². The largest absolute Gasteiger partial charge is 0.461 e. The zero-order valence-electron chi connectivity index (χ0n) is 16.0. The van der Waals surface area contributed by atoms with Crippen molar-refractivity contribution in [2.24, 2.45) is 5.73 Å². The maximum atomic E-state index is 12.8. The molecule has 5 heteroatoms. The molecule has 5 nitrogen and oxygen atoms in total. The Labute approximate surface area is 169 Å². The first-order chi connectivity index (χ1) is 14.1. The number of carbonyl (C=O) groups is 2. The van der Waals surface area contributed by atoms with Crippen LogP contribution in [0.1, 0.15) is 34.3 Å². The van der Waals surface area contributed by atoms with E-state index in [2.05, 4.69) is 24.3 Å². The zero-order chi connectivity index (χ0) is 20.4. The molecule has 0 heterocycles. The molecule has 0 spiro atoms. The fourth-order valence-corrected chi connectivity index (χ4v) is 3.60. The van der Waals surface area contributed by atoms with E-state index in [-0.39, 0.29) is 23.8 Å². The molecule has 0 unspecified atom stereocenters. The molecule has 1 aliphatic carbocycles. The van der Waals surface area contributed by atoms with Gasteiger partial charge in [-0.15, -0.1) is 0 Å². The van der Waals surface area contributed by atoms with Gasteiger partial charge in [0.05, 0.1) is 0 Å². The Morgan fingerprint density at radius 2 is 1.45 bits per heavy atom. The number of hydrogen-bond acceptors (Lipinski definition) is 5. The summed E-state index contributed by atoms with van der Waals surface area (Å²) in [7, 11) is 0. The van der Waals surface area contributed by atoms with E-state index in [1.165, 1.54) is 6.92 Å². The SMILES string of the molecule is C[C@H](N)C(=O)Oc1ccccc1C(=O)OCC1c2ccccc2-c2ccccc21. The van der Waals surface area contributed by atoms with E-state index in [0.717, 1.165) is 22.3 Å². The zero-order valence-corrected chi connectivity index (χ0v) is 16.0. The van der Waals surface area contributed by atoms with Crippen LogP contribution >= 0.6 is 0 Å². The van der Waals surface area contributed by atoms with Crippen molar-refractivity contribution >= 4 is 11.9 Å². The summed E-state index contributed by atoms with van der Waals surface area (Å²) in [5.41, 5.74) is 10.3. The average Bonchev–Trinajstić information content (AvgIpc) is 3.06. The van der Waals surface area contributed by atoms with Crippen molar-refractivity contribution in [2.45, 2.75) is 18.9 Å². The Kier molecular flexibility index (Phi) is 5.14. The van der Waals surface area contributed by atoms with Crippen LogP contribution in [-0.4, -0.2) is 24.6 Å². The molecule has 0 fully saturated rings. The van der Waals surface area contributed by atoms with Gasteiger partial charge in [0, 0.05) is 5.92 Å². The Morgan fingerprint density at radius 3 is 2.07 bits per heavy atom. The first-order valence-electron chi connectivity index (χ1n) is 9.48. The van der Waals surface area contributed by atoms with Gasteiger partial charge in [-0.25, -0.2) is 9.59 Å². The Morgan fingerprint density at radius 1 is 0.897 bits per heavy atom. The second-order valence-electron chi connectivity index (χ2n) is 7.03. The number of esters is 2. The molecule has 1 aliphatic rings. The van der Waals surface area contributed by atoms with E-state index in [1.54, 1.807) is 24.3 Å². The highest BCUT2D eigenvalue weighted by molar-refractivity contribution is 5.94. The summed E-state index contributed by atoms with van der Waals surface area (Å²) in [4.78, 5) is 24.6. The van der Waals surface area contributed by atoms with Gasteiger partial charge in [0.1, 0.15) is 24.0 Å². The number of rotatable bonds is 5. The summed E-state index contributed by atoms with van der Waals surface area (Å²) in [5, 5.41) is 0. The van der Waals surface area contributed by atoms with E-state index in [4.69, 9.17) is 15.2 Å². The summed E-state index contributed by atoms with van der Waals surface area (Å²) in [6.45, 7) is 1.72. The topological polar surface area (TPSA) is 78.6 Å². The van der Waals surface area contributed by atoms with E-state index in [1.807, 2.05) is 24.3 Å². The van der Waals surface area contributed by atoms with E-state index < -0.39 is 18.0 Å². The molecule has 0 aromatic heterocycles. The standard InChI is InChI=1S/C24H21NO4/c1-15(25)23(26)29-22-13-7-6-12-20(22)24(27)28-14-21-18-10-4-2-8-16(18)17-9-3-5-11-19(17)21/h2-13,15,21H,14,25H2,1H3/t15-/m0/s1. The molecule has 1 atom stereocenters. The minimum Gasteiger partial charge on any atom is -0.461 e. The predicted molar refractivity (Wildman–Crippen MR) is 110 cm³/mol. The van der Waals surface area contributed by atoms with Crippen molar-refractivity contribution in [3.63, 3.8) is 0 Å². The molecular weight excluding hydrogens is 366 g/mol. The maximum absolute atomic E-state index is 12.8. The van der Waals surface area contributed by atoms with E-state index in [9.17, 15) is 9.59 Å². The second kappa shape index (κ2) is 7.89. The lowest BCUT2D eigenvalue weighted by molar-refractivity contribution is -0.135. The van der Waals surface area contributed by atoms with Crippen LogP contribution in [0.15, 0.2) is 72.8 Å². The van der Waals surface area contributed by atoms with Crippen LogP contribution in [0.2, 0.25) is 0 Å². The monoisotopic (exact) mass is 387 g/mol. The number of hydrogen-bond donors (Lipinski definition) is 1. The van der Waals surface area contributed by atoms with Gasteiger partial charge >= 0.3 is 11.9 Å². The molecule has 0 radical (unpaired) electrons. The lowest BCUT2D eigenvalue weighted by atomic mass is 9.98. The first-order valence-corrected chi connectivity index (χ1v) is 9.48. The molecule has 0 aliphatic heterocycles. The summed E-state index contributed by atoms with van der Waals surface area (Å²) >= 11 is 0. The Hall–Kier alpha value is -3.44. The molecular formula is C24H21NO4. The third-order valence-electron chi connectivity index (χ3n) is 5.03. The van der Waals surface area contributed by atoms with Gasteiger partial charge in [-0.05, 0) is 41.3 Å². The number of carbonyl (C=O) groups excluding carboxylic acids is 2. The minimum atomic E-state index is -0.787. The fourth-order valence-electron chi connectivity index (χ4n) is 3.60. The van der Waals surface area contributed by atoms with E-state index >= 15 is 0 Å². The second-order valence-corrected chi connectivity index (χ2v) is 7.03. The minimum absolute atomic E-state index is 0.0369. The van der Waals surface area contributed by atoms with Gasteiger partial charge < -0.3 is 15.2 Å². The van der Waals surface area contributed by atoms with Gasteiger partial charge in [0.15, 0.2) is 0 Å². The summed E-state index contributed by atoms with van der Waals surface area (Å²) in [6.07, 6.45) is 0. The van der Waals surface area contributed by atoms with Crippen LogP contribution in [0.25, 0.3) is 11.1 Å². The lowest BCUT2D eigenvalue weighted by Gasteiger charge is -2.15. The first kappa shape index (κ1) is 18.9. The average molecular weight is 387 g/mol. The molecule has 3 aromatic rings. The van der Waals surface area contributed by atoms with Gasteiger partial charge in [0.25, 0.3) is 0 Å². The molecule has 2 N–H and O–H groups in total. The number of para-hydroxylation sites is 1. The van der Waals surface area contributed by atoms with Crippen molar-refractivity contribution in [3.8, 4) is 16.9 Å². The molecule has 0 saturated carbocycles. The van der Waals surface area contributed by atoms with Gasteiger partial charge in [-0.2, -0.15) is 0 Å². The number of ether oxygens (including phenoxy) is 2. The highest BCUT2D eigenvalue weighted by atomic mass is 16.5. The van der Waals surface area contributed by atoms with Crippen LogP contribution in [0.4, 0.5) is 0 Å². The Balaban J connectivity index is 1.55. The summed E-state index contributed by atoms with van der Waals surface area (Å²) in [5.74, 6) is -1.04. The van der Waals surface area contributed by atoms with Crippen LogP contribution in [-0.2, 0) is 9.53 Å². The van der Waals surface area contributed by atoms with E-state index in [0.29, 0.717) is 0 Å². The normalized spacial score (nSPS) is 13.3. The van der Waals surface area contributed by atoms with Gasteiger partial charge in [-0.3, -0.25) is 0 Å². The molecule has 0 amide bonds. The van der Waals surface area contributed by atoms with Crippen molar-refractivity contribution in [2.75, 3.05) is 6.61 Å². The predicted octanol–water partition coefficient (Wildman–Crippen LogP) is 3.91. The smallest absolute Gasteiger partial charge is 0.341 e. The van der Waals surface area contributed by atoms with Gasteiger partial charge in [-0.1, -0.05) is 60.7 Å². The highest BCUT2D eigenvalue weighted by Crippen LogP contribution is 2.44. The number of fused-ring (bicyclic) bond motifs is 3. The fraction of sp³-hybridized carbons (Fsp3) is 0.167. The molecule has 146 valence electrons. The van der Waals surface area contributed by atoms with Crippen LogP contribution in [0.3, 0.4) is 0 Å². The molecule has 3 aromatic carbocycles. The summed E-state index contributed by atoms with van der Waals surface area (Å²) in [6, 6.07) is 22.0. The molecule has 4 rings (SSSR count). The van der Waals surface area contributed by atoms with Crippen LogP contribution in [0.5, 0.6) is 5.75 Å². The maximum Gasteiger partial charge on any atom is 0.341 e. The van der Waals surface area contributed by atoms with Crippen LogP contribution < -0.4 is 10.5 Å². The Bertz CT molecular complexity index is 1030. The molecule has 0 bridgehead atoms.